The van der Waals surface area contributed by atoms with Crippen LogP contribution in [0.25, 0.3) is 0 Å². The van der Waals surface area contributed by atoms with Crippen molar-refractivity contribution >= 4 is 11.9 Å². The minimum atomic E-state index is 0.279. The molecule has 2 N–H and O–H groups in total. The van der Waals surface area contributed by atoms with E-state index in [1.54, 1.807) is 0 Å². The number of morpholine rings is 1. The largest absolute Gasteiger partial charge is 0.373 e. The van der Waals surface area contributed by atoms with Gasteiger partial charge in [-0.2, -0.15) is 0 Å². The summed E-state index contributed by atoms with van der Waals surface area (Å²) < 4.78 is 5.81. The quantitative estimate of drug-likeness (QED) is 0.383. The molecule has 3 aliphatic rings. The van der Waals surface area contributed by atoms with E-state index in [2.05, 4.69) is 41.2 Å². The predicted octanol–water partition coefficient (Wildman–Crippen LogP) is 1.83. The molecule has 3 fully saturated rings. The number of carbonyl (C=O) groups is 1. The summed E-state index contributed by atoms with van der Waals surface area (Å²) in [4.78, 5) is 22.0. The van der Waals surface area contributed by atoms with Crippen LogP contribution in [-0.2, 0) is 9.53 Å². The number of hydrogen-bond acceptors (Lipinski definition) is 4. The van der Waals surface area contributed by atoms with Crippen LogP contribution in [-0.4, -0.2) is 85.7 Å². The average molecular weight is 408 g/mol. The fraction of sp³-hybridized carbons (Fsp3) is 0.909. The number of hydrogen-bond donors (Lipinski definition) is 2. The molecule has 7 nitrogen and oxygen atoms in total. The Morgan fingerprint density at radius 3 is 2.52 bits per heavy atom. The molecule has 7 heteroatoms. The molecule has 3 unspecified atom stereocenters. The van der Waals surface area contributed by atoms with Crippen LogP contribution in [0.15, 0.2) is 4.99 Å². The summed E-state index contributed by atoms with van der Waals surface area (Å²) in [6, 6.07) is 0.305. The van der Waals surface area contributed by atoms with Gasteiger partial charge in [-0.05, 0) is 46.5 Å². The van der Waals surface area contributed by atoms with Crippen LogP contribution in [0.2, 0.25) is 0 Å². The first-order valence-electron chi connectivity index (χ1n) is 11.8. The van der Waals surface area contributed by atoms with Crippen LogP contribution >= 0.6 is 0 Å². The molecule has 0 bridgehead atoms. The number of amides is 1. The number of rotatable bonds is 7. The lowest BCUT2D eigenvalue weighted by molar-refractivity contribution is -0.134. The summed E-state index contributed by atoms with van der Waals surface area (Å²) >= 11 is 0. The summed E-state index contributed by atoms with van der Waals surface area (Å²) in [5.41, 5.74) is 0. The molecule has 1 saturated carbocycles. The first kappa shape index (κ1) is 22.3. The van der Waals surface area contributed by atoms with E-state index in [-0.39, 0.29) is 5.92 Å². The van der Waals surface area contributed by atoms with Crippen LogP contribution in [0.1, 0.15) is 59.3 Å². The molecule has 3 rings (SSSR count). The Morgan fingerprint density at radius 2 is 1.83 bits per heavy atom. The van der Waals surface area contributed by atoms with Crippen molar-refractivity contribution in [2.75, 3.05) is 45.8 Å². The van der Waals surface area contributed by atoms with Gasteiger partial charge < -0.3 is 20.3 Å². The van der Waals surface area contributed by atoms with Gasteiger partial charge in [0.25, 0.3) is 0 Å². The molecule has 0 radical (unpaired) electrons. The Labute approximate surface area is 176 Å². The summed E-state index contributed by atoms with van der Waals surface area (Å²) in [6.45, 7) is 12.8. The van der Waals surface area contributed by atoms with Crippen LogP contribution in [0.5, 0.6) is 0 Å². The minimum absolute atomic E-state index is 0.279. The lowest BCUT2D eigenvalue weighted by Gasteiger charge is -2.35. The molecular weight excluding hydrogens is 366 g/mol. The number of carbonyl (C=O) groups excluding carboxylic acids is 1. The molecule has 2 saturated heterocycles. The number of guanidine groups is 1. The van der Waals surface area contributed by atoms with Gasteiger partial charge in [-0.3, -0.25) is 14.7 Å². The minimum Gasteiger partial charge on any atom is -0.373 e. The standard InChI is InChI=1S/C22H41N5O2/c1-4-23-22(24-11-7-12-26-14-17(2)29-18(3)15-26)25-20-10-13-27(16-20)21(28)19-8-5-6-9-19/h17-20H,4-16H2,1-3H3,(H2,23,24,25). The third kappa shape index (κ3) is 6.85. The zero-order chi connectivity index (χ0) is 20.6. The fourth-order valence-corrected chi connectivity index (χ4v) is 4.97. The molecule has 2 aliphatic heterocycles. The van der Waals surface area contributed by atoms with Crippen molar-refractivity contribution in [3.05, 3.63) is 0 Å². The summed E-state index contributed by atoms with van der Waals surface area (Å²) in [5, 5.41) is 6.92. The van der Waals surface area contributed by atoms with Gasteiger partial charge in [0.2, 0.25) is 5.91 Å². The van der Waals surface area contributed by atoms with E-state index in [1.165, 1.54) is 12.8 Å². The Morgan fingerprint density at radius 1 is 1.10 bits per heavy atom. The Balaban J connectivity index is 1.40. The van der Waals surface area contributed by atoms with Crippen molar-refractivity contribution in [2.24, 2.45) is 10.9 Å². The van der Waals surface area contributed by atoms with Gasteiger partial charge in [0, 0.05) is 57.8 Å². The lowest BCUT2D eigenvalue weighted by atomic mass is 10.1. The molecule has 2 heterocycles. The second-order valence-electron chi connectivity index (χ2n) is 9.03. The topological polar surface area (TPSA) is 69.2 Å². The highest BCUT2D eigenvalue weighted by molar-refractivity contribution is 5.81. The van der Waals surface area contributed by atoms with Crippen molar-refractivity contribution < 1.29 is 9.53 Å². The highest BCUT2D eigenvalue weighted by Crippen LogP contribution is 2.27. The van der Waals surface area contributed by atoms with E-state index < -0.39 is 0 Å². The Bertz CT molecular complexity index is 539. The predicted molar refractivity (Wildman–Crippen MR) is 117 cm³/mol. The highest BCUT2D eigenvalue weighted by atomic mass is 16.5. The van der Waals surface area contributed by atoms with Crippen molar-refractivity contribution in [3.63, 3.8) is 0 Å². The maximum atomic E-state index is 12.7. The van der Waals surface area contributed by atoms with E-state index >= 15 is 0 Å². The molecule has 0 spiro atoms. The number of likely N-dealkylation sites (tertiary alicyclic amines) is 1. The SMILES string of the molecule is CCNC(=NCCCN1CC(C)OC(C)C1)NC1CCN(C(=O)C2CCCC2)C1. The number of nitrogens with one attached hydrogen (secondary N) is 2. The van der Waals surface area contributed by atoms with E-state index in [4.69, 9.17) is 9.73 Å². The van der Waals surface area contributed by atoms with E-state index in [0.717, 1.165) is 77.5 Å². The van der Waals surface area contributed by atoms with E-state index in [9.17, 15) is 4.79 Å². The van der Waals surface area contributed by atoms with Crippen LogP contribution < -0.4 is 10.6 Å². The van der Waals surface area contributed by atoms with Crippen molar-refractivity contribution in [1.29, 1.82) is 0 Å². The average Bonchev–Trinajstić information content (AvgIpc) is 3.36. The maximum absolute atomic E-state index is 12.7. The number of aliphatic imine (C=N–C) groups is 1. The molecule has 0 aromatic rings. The van der Waals surface area contributed by atoms with E-state index in [0.29, 0.717) is 24.2 Å². The van der Waals surface area contributed by atoms with Gasteiger partial charge in [0.1, 0.15) is 0 Å². The smallest absolute Gasteiger partial charge is 0.225 e. The molecule has 29 heavy (non-hydrogen) atoms. The molecule has 0 aromatic carbocycles. The number of nitrogens with zero attached hydrogens (tertiary/aromatic N) is 3. The first-order valence-corrected chi connectivity index (χ1v) is 11.8. The summed E-state index contributed by atoms with van der Waals surface area (Å²) in [7, 11) is 0. The molecular formula is C22H41N5O2. The first-order chi connectivity index (χ1) is 14.0. The van der Waals surface area contributed by atoms with Gasteiger partial charge in [-0.1, -0.05) is 12.8 Å². The van der Waals surface area contributed by atoms with Gasteiger partial charge >= 0.3 is 0 Å². The zero-order valence-electron chi connectivity index (χ0n) is 18.7. The van der Waals surface area contributed by atoms with E-state index in [1.807, 2.05) is 0 Å². The summed E-state index contributed by atoms with van der Waals surface area (Å²) in [5.74, 6) is 1.54. The van der Waals surface area contributed by atoms with Crippen molar-refractivity contribution in [1.82, 2.24) is 20.4 Å². The molecule has 0 aromatic heterocycles. The fourth-order valence-electron chi connectivity index (χ4n) is 4.97. The highest BCUT2D eigenvalue weighted by Gasteiger charge is 2.32. The normalized spacial score (nSPS) is 29.4. The lowest BCUT2D eigenvalue weighted by Crippen LogP contribution is -2.46. The van der Waals surface area contributed by atoms with Gasteiger partial charge in [-0.15, -0.1) is 0 Å². The van der Waals surface area contributed by atoms with Crippen molar-refractivity contribution in [3.8, 4) is 0 Å². The Kier molecular flexibility index (Phi) is 8.60. The molecule has 166 valence electrons. The second kappa shape index (κ2) is 11.2. The number of ether oxygens (including phenoxy) is 1. The monoisotopic (exact) mass is 407 g/mol. The third-order valence-electron chi connectivity index (χ3n) is 6.29. The van der Waals surface area contributed by atoms with Crippen LogP contribution in [0.3, 0.4) is 0 Å². The van der Waals surface area contributed by atoms with Gasteiger partial charge in [0.15, 0.2) is 5.96 Å². The maximum Gasteiger partial charge on any atom is 0.225 e. The third-order valence-corrected chi connectivity index (χ3v) is 6.29. The van der Waals surface area contributed by atoms with Crippen LogP contribution in [0, 0.1) is 5.92 Å². The second-order valence-corrected chi connectivity index (χ2v) is 9.03. The molecule has 3 atom stereocenters. The Hall–Kier alpha value is -1.34. The van der Waals surface area contributed by atoms with Gasteiger partial charge in [-0.25, -0.2) is 0 Å². The molecule has 1 amide bonds. The van der Waals surface area contributed by atoms with Crippen molar-refractivity contribution in [2.45, 2.75) is 77.5 Å². The van der Waals surface area contributed by atoms with Crippen LogP contribution in [0.4, 0.5) is 0 Å². The zero-order valence-corrected chi connectivity index (χ0v) is 18.7. The summed E-state index contributed by atoms with van der Waals surface area (Å²) in [6.07, 6.45) is 7.28. The molecule has 1 aliphatic carbocycles. The van der Waals surface area contributed by atoms with Gasteiger partial charge in [0.05, 0.1) is 12.2 Å².